The Hall–Kier alpha value is -2.24. The summed E-state index contributed by atoms with van der Waals surface area (Å²) in [4.78, 5) is 24.5. The number of nitrogens with zero attached hydrogens (tertiary/aromatic N) is 1. The monoisotopic (exact) mass is 250 g/mol. The van der Waals surface area contributed by atoms with E-state index < -0.39 is 11.9 Å². The van der Waals surface area contributed by atoms with Crippen molar-refractivity contribution >= 4 is 23.2 Å². The first-order chi connectivity index (χ1) is 8.32. The molecule has 1 aromatic rings. The highest BCUT2D eigenvalue weighted by atomic mass is 16.2. The van der Waals surface area contributed by atoms with Gasteiger partial charge in [-0.15, -0.1) is 0 Å². The zero-order valence-corrected chi connectivity index (χ0v) is 10.7. The van der Waals surface area contributed by atoms with Gasteiger partial charge in [0.1, 0.15) is 6.04 Å². The van der Waals surface area contributed by atoms with Gasteiger partial charge in [-0.3, -0.25) is 9.59 Å². The average molecular weight is 250 g/mol. The second-order valence-electron chi connectivity index (χ2n) is 4.27. The second kappa shape index (κ2) is 5.39. The Balaban J connectivity index is 2.99. The Bertz CT molecular complexity index is 471. The van der Waals surface area contributed by atoms with Crippen LogP contribution >= 0.6 is 0 Å². The number of carbonyl (C=O) groups is 2. The maximum absolute atomic E-state index is 11.7. The molecule has 0 bridgehead atoms. The molecule has 0 aromatic heterocycles. The SMILES string of the molecule is CC(Nc1cc(N)ccc1C(N)=O)C(=O)N(C)C. The van der Waals surface area contributed by atoms with Crippen LogP contribution in [0.3, 0.4) is 0 Å². The van der Waals surface area contributed by atoms with Crippen molar-refractivity contribution in [3.63, 3.8) is 0 Å². The second-order valence-corrected chi connectivity index (χ2v) is 4.27. The number of primary amides is 1. The number of nitrogens with one attached hydrogen (secondary N) is 1. The fourth-order valence-electron chi connectivity index (χ4n) is 1.58. The topological polar surface area (TPSA) is 101 Å². The van der Waals surface area contributed by atoms with Gasteiger partial charge < -0.3 is 21.7 Å². The summed E-state index contributed by atoms with van der Waals surface area (Å²) in [5.74, 6) is -0.671. The number of likely N-dealkylation sites (N-methyl/N-ethyl adjacent to an activating group) is 1. The van der Waals surface area contributed by atoms with Gasteiger partial charge in [0.15, 0.2) is 0 Å². The normalized spacial score (nSPS) is 11.7. The lowest BCUT2D eigenvalue weighted by molar-refractivity contribution is -0.129. The number of carbonyl (C=O) groups excluding carboxylic acids is 2. The number of nitrogens with two attached hydrogens (primary N) is 2. The van der Waals surface area contributed by atoms with Crippen molar-refractivity contribution in [1.29, 1.82) is 0 Å². The van der Waals surface area contributed by atoms with Crippen molar-refractivity contribution in [2.75, 3.05) is 25.1 Å². The van der Waals surface area contributed by atoms with E-state index in [9.17, 15) is 9.59 Å². The van der Waals surface area contributed by atoms with E-state index in [4.69, 9.17) is 11.5 Å². The van der Waals surface area contributed by atoms with Gasteiger partial charge in [0.05, 0.1) is 5.56 Å². The lowest BCUT2D eigenvalue weighted by Crippen LogP contribution is -2.37. The van der Waals surface area contributed by atoms with E-state index in [0.29, 0.717) is 16.9 Å². The molecule has 1 rings (SSSR count). The molecule has 1 unspecified atom stereocenters. The third kappa shape index (κ3) is 3.13. The smallest absolute Gasteiger partial charge is 0.250 e. The maximum Gasteiger partial charge on any atom is 0.250 e. The Morgan fingerprint density at radius 3 is 2.44 bits per heavy atom. The molecule has 5 N–H and O–H groups in total. The van der Waals surface area contributed by atoms with Gasteiger partial charge in [-0.2, -0.15) is 0 Å². The summed E-state index contributed by atoms with van der Waals surface area (Å²) in [7, 11) is 3.32. The molecule has 0 spiro atoms. The van der Waals surface area contributed by atoms with Crippen LogP contribution in [0.5, 0.6) is 0 Å². The molecule has 98 valence electrons. The number of amides is 2. The first-order valence-corrected chi connectivity index (χ1v) is 5.50. The highest BCUT2D eigenvalue weighted by Gasteiger charge is 2.17. The number of nitrogen functional groups attached to an aromatic ring is 1. The number of hydrogen-bond donors (Lipinski definition) is 3. The van der Waals surface area contributed by atoms with E-state index in [0.717, 1.165) is 0 Å². The first kappa shape index (κ1) is 13.8. The van der Waals surface area contributed by atoms with Crippen LogP contribution in [0.2, 0.25) is 0 Å². The van der Waals surface area contributed by atoms with Crippen LogP contribution < -0.4 is 16.8 Å². The molecular weight excluding hydrogens is 232 g/mol. The van der Waals surface area contributed by atoms with Gasteiger partial charge in [-0.1, -0.05) is 0 Å². The van der Waals surface area contributed by atoms with Gasteiger partial charge in [0.2, 0.25) is 5.91 Å². The Kier molecular flexibility index (Phi) is 4.14. The standard InChI is InChI=1S/C12H18N4O2/c1-7(12(18)16(2)3)15-10-6-8(13)4-5-9(10)11(14)17/h4-7,15H,13H2,1-3H3,(H2,14,17). The first-order valence-electron chi connectivity index (χ1n) is 5.50. The number of rotatable bonds is 4. The third-order valence-electron chi connectivity index (χ3n) is 2.49. The van der Waals surface area contributed by atoms with Crippen molar-refractivity contribution in [1.82, 2.24) is 4.90 Å². The van der Waals surface area contributed by atoms with E-state index in [1.807, 2.05) is 0 Å². The average Bonchev–Trinajstić information content (AvgIpc) is 2.27. The van der Waals surface area contributed by atoms with E-state index in [-0.39, 0.29) is 5.91 Å². The molecule has 1 atom stereocenters. The van der Waals surface area contributed by atoms with Gasteiger partial charge in [0, 0.05) is 25.5 Å². The largest absolute Gasteiger partial charge is 0.399 e. The van der Waals surface area contributed by atoms with Gasteiger partial charge >= 0.3 is 0 Å². The van der Waals surface area contributed by atoms with E-state index in [1.165, 1.54) is 11.0 Å². The summed E-state index contributed by atoms with van der Waals surface area (Å²) in [6, 6.07) is 4.23. The molecule has 1 aromatic carbocycles. The lowest BCUT2D eigenvalue weighted by Gasteiger charge is -2.20. The molecule has 0 saturated heterocycles. The summed E-state index contributed by atoms with van der Waals surface area (Å²) in [6.45, 7) is 1.70. The molecule has 0 aliphatic carbocycles. The fourth-order valence-corrected chi connectivity index (χ4v) is 1.58. The van der Waals surface area contributed by atoms with Gasteiger partial charge in [0.25, 0.3) is 5.91 Å². The maximum atomic E-state index is 11.7. The predicted molar refractivity (Wildman–Crippen MR) is 71.2 cm³/mol. The van der Waals surface area contributed by atoms with Crippen molar-refractivity contribution in [2.24, 2.45) is 5.73 Å². The third-order valence-corrected chi connectivity index (χ3v) is 2.49. The molecule has 18 heavy (non-hydrogen) atoms. The summed E-state index contributed by atoms with van der Waals surface area (Å²) >= 11 is 0. The van der Waals surface area contributed by atoms with Crippen molar-refractivity contribution in [3.05, 3.63) is 23.8 Å². The van der Waals surface area contributed by atoms with E-state index in [1.54, 1.807) is 33.2 Å². The molecule has 0 aliphatic heterocycles. The Morgan fingerprint density at radius 2 is 1.94 bits per heavy atom. The summed E-state index contributed by atoms with van der Waals surface area (Å²) in [5, 5.41) is 2.94. The highest BCUT2D eigenvalue weighted by Crippen LogP contribution is 2.20. The predicted octanol–water partition coefficient (Wildman–Crippen LogP) is 0.256. The van der Waals surface area contributed by atoms with Gasteiger partial charge in [-0.25, -0.2) is 0 Å². The minimum absolute atomic E-state index is 0.104. The van der Waals surface area contributed by atoms with Crippen LogP contribution in [0.25, 0.3) is 0 Å². The quantitative estimate of drug-likeness (QED) is 0.667. The molecule has 0 heterocycles. The van der Waals surface area contributed by atoms with Crippen LogP contribution in [-0.2, 0) is 4.79 Å². The van der Waals surface area contributed by atoms with E-state index >= 15 is 0 Å². The van der Waals surface area contributed by atoms with Crippen LogP contribution in [0.1, 0.15) is 17.3 Å². The Labute approximate surface area is 106 Å². The zero-order chi connectivity index (χ0) is 13.9. The van der Waals surface area contributed by atoms with Crippen molar-refractivity contribution in [3.8, 4) is 0 Å². The van der Waals surface area contributed by atoms with Crippen molar-refractivity contribution in [2.45, 2.75) is 13.0 Å². The summed E-state index contributed by atoms with van der Waals surface area (Å²) < 4.78 is 0. The van der Waals surface area contributed by atoms with Crippen LogP contribution in [0, 0.1) is 0 Å². The molecular formula is C12H18N4O2. The molecule has 0 aliphatic rings. The molecule has 6 heteroatoms. The van der Waals surface area contributed by atoms with E-state index in [2.05, 4.69) is 5.32 Å². The fraction of sp³-hybridized carbons (Fsp3) is 0.333. The van der Waals surface area contributed by atoms with Crippen molar-refractivity contribution < 1.29 is 9.59 Å². The number of benzene rings is 1. The number of hydrogen-bond acceptors (Lipinski definition) is 4. The summed E-state index contributed by atoms with van der Waals surface area (Å²) in [6.07, 6.45) is 0. The molecule has 2 amide bonds. The number of anilines is 2. The molecule has 6 nitrogen and oxygen atoms in total. The molecule has 0 fully saturated rings. The molecule has 0 radical (unpaired) electrons. The minimum Gasteiger partial charge on any atom is -0.399 e. The van der Waals surface area contributed by atoms with Crippen LogP contribution in [-0.4, -0.2) is 36.9 Å². The lowest BCUT2D eigenvalue weighted by atomic mass is 10.1. The zero-order valence-electron chi connectivity index (χ0n) is 10.7. The molecule has 0 saturated carbocycles. The van der Waals surface area contributed by atoms with Crippen LogP contribution in [0.4, 0.5) is 11.4 Å². The Morgan fingerprint density at radius 1 is 1.33 bits per heavy atom. The van der Waals surface area contributed by atoms with Gasteiger partial charge in [-0.05, 0) is 25.1 Å². The summed E-state index contributed by atoms with van der Waals surface area (Å²) in [5.41, 5.74) is 12.2. The minimum atomic E-state index is -0.568. The highest BCUT2D eigenvalue weighted by molar-refractivity contribution is 5.99. The van der Waals surface area contributed by atoms with Crippen LogP contribution in [0.15, 0.2) is 18.2 Å².